The first-order valence-corrected chi connectivity index (χ1v) is 10.5. The van der Waals surface area contributed by atoms with Gasteiger partial charge in [-0.25, -0.2) is 4.39 Å². The molecule has 0 fully saturated rings. The normalized spacial score (nSPS) is 11.7. The summed E-state index contributed by atoms with van der Waals surface area (Å²) in [6.07, 6.45) is 0. The zero-order valence-corrected chi connectivity index (χ0v) is 17.8. The highest BCUT2D eigenvalue weighted by atomic mass is 79.9. The largest absolute Gasteiger partial charge is 0.489 e. The van der Waals surface area contributed by atoms with Crippen molar-refractivity contribution < 1.29 is 9.13 Å². The van der Waals surface area contributed by atoms with Gasteiger partial charge >= 0.3 is 0 Å². The number of ether oxygens (including phenoxy) is 1. The van der Waals surface area contributed by atoms with Gasteiger partial charge in [0.2, 0.25) is 0 Å². The van der Waals surface area contributed by atoms with Crippen LogP contribution in [0.4, 0.5) is 4.39 Å². The van der Waals surface area contributed by atoms with Crippen LogP contribution in [0.25, 0.3) is 10.1 Å². The molecule has 0 aliphatic carbocycles. The van der Waals surface area contributed by atoms with Gasteiger partial charge in [0.05, 0.1) is 0 Å². The van der Waals surface area contributed by atoms with Gasteiger partial charge in [-0.05, 0) is 62.4 Å². The zero-order valence-electron chi connectivity index (χ0n) is 16.3. The van der Waals surface area contributed by atoms with Crippen LogP contribution in [-0.2, 0) is 6.61 Å². The summed E-state index contributed by atoms with van der Waals surface area (Å²) in [6, 6.07) is 34.8. The third-order valence-electron chi connectivity index (χ3n) is 4.77. The van der Waals surface area contributed by atoms with E-state index in [0.717, 1.165) is 38.1 Å². The monoisotopic (exact) mass is 458 g/mol. The molecule has 0 saturated carbocycles. The molecule has 0 N–H and O–H groups in total. The molecule has 4 aromatic carbocycles. The molecule has 0 heterocycles. The predicted octanol–water partition coefficient (Wildman–Crippen LogP) is 7.72. The van der Waals surface area contributed by atoms with Crippen LogP contribution >= 0.6 is 15.9 Å². The number of benzene rings is 4. The average Bonchev–Trinajstić information content (AvgIpc) is 2.80. The number of rotatable bonds is 6. The van der Waals surface area contributed by atoms with Crippen molar-refractivity contribution in [2.75, 3.05) is 0 Å². The first-order chi connectivity index (χ1) is 14.7. The maximum absolute atomic E-state index is 13.4. The van der Waals surface area contributed by atoms with E-state index < -0.39 is 0 Å². The van der Waals surface area contributed by atoms with Crippen molar-refractivity contribution >= 4 is 26.0 Å². The number of halogens is 2. The van der Waals surface area contributed by atoms with Gasteiger partial charge in [0.1, 0.15) is 18.2 Å². The molecule has 0 radical (unpaired) electrons. The molecule has 0 atom stereocenters. The highest BCUT2D eigenvalue weighted by Gasteiger charge is 2.12. The van der Waals surface area contributed by atoms with Crippen LogP contribution in [0, 0.1) is 5.82 Å². The molecule has 0 aromatic heterocycles. The summed E-state index contributed by atoms with van der Waals surface area (Å²) in [5.74, 6) is 0.563. The minimum atomic E-state index is -0.250. The third kappa shape index (κ3) is 4.87. The highest BCUT2D eigenvalue weighted by Crippen LogP contribution is 2.36. The average molecular weight is 459 g/mol. The van der Waals surface area contributed by atoms with Gasteiger partial charge < -0.3 is 4.74 Å². The fraction of sp³-hybridized carbons (Fsp3) is 0.0370. The summed E-state index contributed by atoms with van der Waals surface area (Å²) < 4.78 is 20.2. The summed E-state index contributed by atoms with van der Waals surface area (Å²) in [5.41, 5.74) is 5.21. The second-order valence-corrected chi connectivity index (χ2v) is 7.65. The minimum absolute atomic E-state index is 0.250. The van der Waals surface area contributed by atoms with E-state index in [9.17, 15) is 4.39 Å². The van der Waals surface area contributed by atoms with Gasteiger partial charge in [-0.3, -0.25) is 0 Å². The molecule has 0 bridgehead atoms. The fourth-order valence-corrected chi connectivity index (χ4v) is 3.95. The van der Waals surface area contributed by atoms with Crippen molar-refractivity contribution in [1.29, 1.82) is 0 Å². The van der Waals surface area contributed by atoms with Gasteiger partial charge in [-0.2, -0.15) is 0 Å². The van der Waals surface area contributed by atoms with Crippen molar-refractivity contribution in [3.8, 4) is 5.75 Å². The molecule has 0 amide bonds. The standard InChI is InChI=1S/C27H20BrFO/c28-27(23-11-15-24(29)16-12-23)26(21-9-5-2-6-10-21)22-13-17-25(18-14-22)30-19-20-7-3-1-4-8-20/h1-18H,19H2/b27-26-. The Balaban J connectivity index is 1.66. The summed E-state index contributed by atoms with van der Waals surface area (Å²) in [6.45, 7) is 0.529. The maximum atomic E-state index is 13.4. The van der Waals surface area contributed by atoms with E-state index in [2.05, 4.69) is 28.1 Å². The van der Waals surface area contributed by atoms with Crippen LogP contribution in [0.2, 0.25) is 0 Å². The minimum Gasteiger partial charge on any atom is -0.489 e. The van der Waals surface area contributed by atoms with Crippen LogP contribution < -0.4 is 4.74 Å². The van der Waals surface area contributed by atoms with E-state index in [4.69, 9.17) is 4.74 Å². The molecule has 0 unspecified atom stereocenters. The molecule has 0 aliphatic rings. The Morgan fingerprint density at radius 1 is 0.633 bits per heavy atom. The van der Waals surface area contributed by atoms with Crippen molar-refractivity contribution in [2.24, 2.45) is 0 Å². The van der Waals surface area contributed by atoms with E-state index in [0.29, 0.717) is 6.61 Å². The van der Waals surface area contributed by atoms with Crippen LogP contribution in [0.3, 0.4) is 0 Å². The summed E-state index contributed by atoms with van der Waals surface area (Å²) >= 11 is 3.76. The van der Waals surface area contributed by atoms with E-state index in [1.54, 1.807) is 12.1 Å². The van der Waals surface area contributed by atoms with E-state index in [1.165, 1.54) is 12.1 Å². The van der Waals surface area contributed by atoms with Crippen molar-refractivity contribution in [2.45, 2.75) is 6.61 Å². The number of hydrogen-bond acceptors (Lipinski definition) is 1. The molecule has 1 nitrogen and oxygen atoms in total. The zero-order chi connectivity index (χ0) is 20.8. The molecular weight excluding hydrogens is 439 g/mol. The Morgan fingerprint density at radius 2 is 1.17 bits per heavy atom. The summed E-state index contributed by atoms with van der Waals surface area (Å²) in [4.78, 5) is 0. The lowest BCUT2D eigenvalue weighted by molar-refractivity contribution is 0.306. The smallest absolute Gasteiger partial charge is 0.123 e. The Hall–Kier alpha value is -3.17. The molecule has 30 heavy (non-hydrogen) atoms. The van der Waals surface area contributed by atoms with Crippen molar-refractivity contribution in [3.63, 3.8) is 0 Å². The fourth-order valence-electron chi connectivity index (χ4n) is 3.22. The summed E-state index contributed by atoms with van der Waals surface area (Å²) in [7, 11) is 0. The van der Waals surface area contributed by atoms with Gasteiger partial charge in [0, 0.05) is 10.1 Å². The molecule has 0 aliphatic heterocycles. The quantitative estimate of drug-likeness (QED) is 0.268. The lowest BCUT2D eigenvalue weighted by atomic mass is 9.95. The molecular formula is C27H20BrFO. The molecule has 0 spiro atoms. The van der Waals surface area contributed by atoms with Crippen LogP contribution in [0.15, 0.2) is 109 Å². The molecule has 4 rings (SSSR count). The first-order valence-electron chi connectivity index (χ1n) is 9.69. The molecule has 3 heteroatoms. The van der Waals surface area contributed by atoms with E-state index >= 15 is 0 Å². The van der Waals surface area contributed by atoms with Crippen molar-refractivity contribution in [3.05, 3.63) is 137 Å². The second-order valence-electron chi connectivity index (χ2n) is 6.86. The first kappa shape index (κ1) is 20.1. The lowest BCUT2D eigenvalue weighted by Crippen LogP contribution is -1.96. The molecule has 4 aromatic rings. The second kappa shape index (κ2) is 9.55. The van der Waals surface area contributed by atoms with Gasteiger partial charge in [0.25, 0.3) is 0 Å². The van der Waals surface area contributed by atoms with Crippen LogP contribution in [0.1, 0.15) is 22.3 Å². The Bertz CT molecular complexity index is 1120. The molecule has 0 saturated heterocycles. The Kier molecular flexibility index (Phi) is 6.41. The number of hydrogen-bond donors (Lipinski definition) is 0. The lowest BCUT2D eigenvalue weighted by Gasteiger charge is -2.14. The van der Waals surface area contributed by atoms with Gasteiger partial charge in [-0.1, -0.05) is 84.9 Å². The van der Waals surface area contributed by atoms with Crippen LogP contribution in [0.5, 0.6) is 5.75 Å². The maximum Gasteiger partial charge on any atom is 0.123 e. The third-order valence-corrected chi connectivity index (χ3v) is 5.63. The predicted molar refractivity (Wildman–Crippen MR) is 125 cm³/mol. The van der Waals surface area contributed by atoms with Crippen molar-refractivity contribution in [1.82, 2.24) is 0 Å². The Morgan fingerprint density at radius 3 is 1.80 bits per heavy atom. The van der Waals surface area contributed by atoms with E-state index in [1.807, 2.05) is 72.8 Å². The van der Waals surface area contributed by atoms with Gasteiger partial charge in [-0.15, -0.1) is 0 Å². The molecule has 148 valence electrons. The topological polar surface area (TPSA) is 9.23 Å². The van der Waals surface area contributed by atoms with E-state index in [-0.39, 0.29) is 5.82 Å². The Labute approximate surface area is 184 Å². The SMILES string of the molecule is Fc1ccc(/C(Br)=C(\c2ccccc2)c2ccc(OCc3ccccc3)cc2)cc1. The summed E-state index contributed by atoms with van der Waals surface area (Å²) in [5, 5.41) is 0. The van der Waals surface area contributed by atoms with Crippen LogP contribution in [-0.4, -0.2) is 0 Å². The van der Waals surface area contributed by atoms with Gasteiger partial charge in [0.15, 0.2) is 0 Å². The highest BCUT2D eigenvalue weighted by molar-refractivity contribution is 9.15.